The lowest BCUT2D eigenvalue weighted by atomic mass is 10.0. The van der Waals surface area contributed by atoms with Crippen LogP contribution in [-0.4, -0.2) is 44.2 Å². The summed E-state index contributed by atoms with van der Waals surface area (Å²) in [6, 6.07) is 16.2. The van der Waals surface area contributed by atoms with Gasteiger partial charge in [-0.3, -0.25) is 4.79 Å². The Labute approximate surface area is 167 Å². The van der Waals surface area contributed by atoms with Crippen molar-refractivity contribution < 1.29 is 14.3 Å². The van der Waals surface area contributed by atoms with Gasteiger partial charge >= 0.3 is 0 Å². The molecule has 3 rings (SSSR count). The molecule has 0 radical (unpaired) electrons. The fraction of sp³-hybridized carbons (Fsp3) is 0.435. The van der Waals surface area contributed by atoms with Crippen molar-refractivity contribution in [3.8, 4) is 11.5 Å². The maximum absolute atomic E-state index is 13.2. The number of hydrogen-bond acceptors (Lipinski definition) is 4. The molecule has 1 fully saturated rings. The van der Waals surface area contributed by atoms with Gasteiger partial charge in [0.25, 0.3) is 0 Å². The number of ether oxygens (including phenoxy) is 2. The van der Waals surface area contributed by atoms with Crippen LogP contribution < -0.4 is 14.8 Å². The Morgan fingerprint density at radius 2 is 1.75 bits per heavy atom. The van der Waals surface area contributed by atoms with Crippen molar-refractivity contribution in [1.82, 2.24) is 10.2 Å². The Morgan fingerprint density at radius 1 is 1.04 bits per heavy atom. The summed E-state index contributed by atoms with van der Waals surface area (Å²) in [6.07, 6.45) is 3.22. The number of carbonyl (C=O) groups excluding carboxylic acids is 1. The van der Waals surface area contributed by atoms with Crippen LogP contribution in [0.25, 0.3) is 0 Å². The van der Waals surface area contributed by atoms with Gasteiger partial charge in [-0.15, -0.1) is 0 Å². The summed E-state index contributed by atoms with van der Waals surface area (Å²) in [4.78, 5) is 15.2. The molecule has 28 heavy (non-hydrogen) atoms. The summed E-state index contributed by atoms with van der Waals surface area (Å²) in [5, 5.41) is 3.39. The Morgan fingerprint density at radius 3 is 2.43 bits per heavy atom. The van der Waals surface area contributed by atoms with Crippen LogP contribution in [-0.2, 0) is 17.8 Å². The number of methoxy groups -OCH3 is 2. The number of para-hydroxylation sites is 1. The average molecular weight is 383 g/mol. The molecule has 1 heterocycles. The number of rotatable bonds is 8. The molecule has 0 spiro atoms. The van der Waals surface area contributed by atoms with E-state index in [4.69, 9.17) is 9.47 Å². The molecule has 0 aromatic heterocycles. The molecule has 2 aromatic rings. The third-order valence-electron chi connectivity index (χ3n) is 5.39. The van der Waals surface area contributed by atoms with Crippen LogP contribution in [0.5, 0.6) is 11.5 Å². The van der Waals surface area contributed by atoms with Crippen molar-refractivity contribution in [3.05, 3.63) is 59.7 Å². The first kappa shape index (κ1) is 20.2. The quantitative estimate of drug-likeness (QED) is 0.760. The van der Waals surface area contributed by atoms with Crippen LogP contribution in [0.15, 0.2) is 48.5 Å². The van der Waals surface area contributed by atoms with E-state index in [-0.39, 0.29) is 11.9 Å². The van der Waals surface area contributed by atoms with Gasteiger partial charge in [-0.2, -0.15) is 0 Å². The number of carbonyl (C=O) groups is 1. The van der Waals surface area contributed by atoms with E-state index in [1.54, 1.807) is 14.2 Å². The molecule has 1 aliphatic heterocycles. The van der Waals surface area contributed by atoms with Crippen molar-refractivity contribution in [1.29, 1.82) is 0 Å². The second-order valence-corrected chi connectivity index (χ2v) is 7.16. The summed E-state index contributed by atoms with van der Waals surface area (Å²) in [6.45, 7) is 2.51. The fourth-order valence-electron chi connectivity index (χ4n) is 3.74. The minimum absolute atomic E-state index is 0.202. The van der Waals surface area contributed by atoms with E-state index >= 15 is 0 Å². The zero-order valence-corrected chi connectivity index (χ0v) is 16.8. The van der Waals surface area contributed by atoms with Gasteiger partial charge in [-0.25, -0.2) is 0 Å². The summed E-state index contributed by atoms with van der Waals surface area (Å²) in [5.74, 6) is 1.88. The number of nitrogens with one attached hydrogen (secondary N) is 1. The molecule has 0 saturated carbocycles. The predicted octanol–water partition coefficient (Wildman–Crippen LogP) is 3.42. The van der Waals surface area contributed by atoms with E-state index < -0.39 is 0 Å². The molecule has 2 aromatic carbocycles. The van der Waals surface area contributed by atoms with Gasteiger partial charge in [-0.05, 0) is 56.1 Å². The van der Waals surface area contributed by atoms with Gasteiger partial charge in [0.05, 0.1) is 14.2 Å². The Balaban J connectivity index is 1.70. The Kier molecular flexibility index (Phi) is 7.31. The van der Waals surface area contributed by atoms with Gasteiger partial charge in [0.2, 0.25) is 5.91 Å². The maximum atomic E-state index is 13.2. The van der Waals surface area contributed by atoms with Crippen LogP contribution >= 0.6 is 0 Å². The molecule has 0 atom stereocenters. The first-order chi connectivity index (χ1) is 13.7. The van der Waals surface area contributed by atoms with E-state index in [0.29, 0.717) is 13.0 Å². The number of aryl methyl sites for hydroxylation is 1. The zero-order chi connectivity index (χ0) is 19.8. The highest BCUT2D eigenvalue weighted by atomic mass is 16.5. The van der Waals surface area contributed by atoms with Crippen LogP contribution in [0, 0.1) is 0 Å². The molecular weight excluding hydrogens is 352 g/mol. The number of hydrogen-bond donors (Lipinski definition) is 1. The molecular formula is C23H30N2O3. The topological polar surface area (TPSA) is 50.8 Å². The van der Waals surface area contributed by atoms with Crippen LogP contribution in [0.2, 0.25) is 0 Å². The third-order valence-corrected chi connectivity index (χ3v) is 5.39. The minimum atomic E-state index is 0.202. The molecule has 5 nitrogen and oxygen atoms in total. The third kappa shape index (κ3) is 5.26. The van der Waals surface area contributed by atoms with E-state index in [1.807, 2.05) is 48.5 Å². The van der Waals surface area contributed by atoms with Gasteiger partial charge in [-0.1, -0.05) is 30.3 Å². The largest absolute Gasteiger partial charge is 0.497 e. The van der Waals surface area contributed by atoms with Crippen LogP contribution in [0.4, 0.5) is 0 Å². The highest BCUT2D eigenvalue weighted by molar-refractivity contribution is 5.77. The Hall–Kier alpha value is -2.53. The van der Waals surface area contributed by atoms with Gasteiger partial charge in [0.15, 0.2) is 0 Å². The lowest BCUT2D eigenvalue weighted by Gasteiger charge is -2.35. The maximum Gasteiger partial charge on any atom is 0.223 e. The van der Waals surface area contributed by atoms with E-state index in [1.165, 1.54) is 0 Å². The minimum Gasteiger partial charge on any atom is -0.497 e. The fourth-order valence-corrected chi connectivity index (χ4v) is 3.74. The zero-order valence-electron chi connectivity index (χ0n) is 16.8. The summed E-state index contributed by atoms with van der Waals surface area (Å²) < 4.78 is 10.7. The molecule has 1 amide bonds. The number of piperidine rings is 1. The summed E-state index contributed by atoms with van der Waals surface area (Å²) in [7, 11) is 3.34. The van der Waals surface area contributed by atoms with Crippen molar-refractivity contribution in [3.63, 3.8) is 0 Å². The van der Waals surface area contributed by atoms with Crippen LogP contribution in [0.3, 0.4) is 0 Å². The molecule has 150 valence electrons. The lowest BCUT2D eigenvalue weighted by molar-refractivity contribution is -0.134. The van der Waals surface area contributed by atoms with Gasteiger partial charge < -0.3 is 19.7 Å². The highest BCUT2D eigenvalue weighted by Gasteiger charge is 2.26. The molecule has 0 unspecified atom stereocenters. The lowest BCUT2D eigenvalue weighted by Crippen LogP contribution is -2.45. The smallest absolute Gasteiger partial charge is 0.223 e. The molecule has 1 aliphatic rings. The molecule has 5 heteroatoms. The van der Waals surface area contributed by atoms with Crippen molar-refractivity contribution in [2.75, 3.05) is 27.3 Å². The monoisotopic (exact) mass is 382 g/mol. The average Bonchev–Trinajstić information content (AvgIpc) is 2.77. The normalized spacial score (nSPS) is 14.5. The van der Waals surface area contributed by atoms with Gasteiger partial charge in [0.1, 0.15) is 11.5 Å². The number of nitrogens with zero attached hydrogens (tertiary/aromatic N) is 1. The van der Waals surface area contributed by atoms with E-state index in [0.717, 1.165) is 55.0 Å². The predicted molar refractivity (Wildman–Crippen MR) is 111 cm³/mol. The standard InChI is InChI=1S/C23H30N2O3/c1-27-21-10-7-18(8-11-21)9-12-23(26)25(20-13-15-24-16-14-20)17-19-5-3-4-6-22(19)28-2/h3-8,10-11,20,24H,9,12-17H2,1-2H3. The van der Waals surface area contributed by atoms with Gasteiger partial charge in [0, 0.05) is 24.6 Å². The van der Waals surface area contributed by atoms with Crippen molar-refractivity contribution >= 4 is 5.91 Å². The molecule has 1 N–H and O–H groups in total. The summed E-state index contributed by atoms with van der Waals surface area (Å²) >= 11 is 0. The Bertz CT molecular complexity index is 755. The first-order valence-corrected chi connectivity index (χ1v) is 9.96. The molecule has 0 bridgehead atoms. The number of benzene rings is 2. The second-order valence-electron chi connectivity index (χ2n) is 7.16. The van der Waals surface area contributed by atoms with Crippen molar-refractivity contribution in [2.24, 2.45) is 0 Å². The summed E-state index contributed by atoms with van der Waals surface area (Å²) in [5.41, 5.74) is 2.21. The van der Waals surface area contributed by atoms with E-state index in [2.05, 4.69) is 10.2 Å². The SMILES string of the molecule is COc1ccc(CCC(=O)N(Cc2ccccc2OC)C2CCNCC2)cc1. The molecule has 1 saturated heterocycles. The highest BCUT2D eigenvalue weighted by Crippen LogP contribution is 2.24. The van der Waals surface area contributed by atoms with E-state index in [9.17, 15) is 4.79 Å². The number of amides is 1. The molecule has 0 aliphatic carbocycles. The second kappa shape index (κ2) is 10.1. The first-order valence-electron chi connectivity index (χ1n) is 9.96. The van der Waals surface area contributed by atoms with Crippen molar-refractivity contribution in [2.45, 2.75) is 38.3 Å². The van der Waals surface area contributed by atoms with Crippen LogP contribution in [0.1, 0.15) is 30.4 Å².